The number of fused-ring (bicyclic) bond motifs is 5. The van der Waals surface area contributed by atoms with Gasteiger partial charge < -0.3 is 0 Å². The van der Waals surface area contributed by atoms with Crippen LogP contribution in [0, 0.1) is 22.9 Å². The van der Waals surface area contributed by atoms with E-state index >= 15 is 0 Å². The van der Waals surface area contributed by atoms with E-state index in [9.17, 15) is 21.6 Å². The van der Waals surface area contributed by atoms with E-state index in [0.717, 1.165) is 18.1 Å². The zero-order chi connectivity index (χ0) is 25.2. The minimum Gasteiger partial charge on any atom is -0.207 e. The van der Waals surface area contributed by atoms with E-state index in [4.69, 9.17) is 0 Å². The Bertz CT molecular complexity index is 1410. The molecule has 5 nitrogen and oxygen atoms in total. The first-order valence-electron chi connectivity index (χ1n) is 11.6. The minimum absolute atomic E-state index is 0.0245. The van der Waals surface area contributed by atoms with E-state index in [0.29, 0.717) is 12.1 Å². The molecule has 2 aliphatic carbocycles. The molecule has 184 valence electrons. The summed E-state index contributed by atoms with van der Waals surface area (Å²) in [6.07, 6.45) is 1.46. The van der Waals surface area contributed by atoms with Crippen molar-refractivity contribution in [1.82, 2.24) is 14.5 Å². The van der Waals surface area contributed by atoms with Gasteiger partial charge in [0.1, 0.15) is 22.3 Å². The maximum Gasteiger partial charge on any atom is 0.246 e. The van der Waals surface area contributed by atoms with Crippen molar-refractivity contribution in [3.63, 3.8) is 0 Å². The van der Waals surface area contributed by atoms with Crippen molar-refractivity contribution < 1.29 is 21.6 Å². The molecule has 1 heterocycles. The summed E-state index contributed by atoms with van der Waals surface area (Å²) in [5, 5.41) is 8.63. The van der Waals surface area contributed by atoms with Crippen LogP contribution < -0.4 is 0 Å². The fourth-order valence-corrected chi connectivity index (χ4v) is 7.68. The second-order valence-corrected chi connectivity index (χ2v) is 11.8. The van der Waals surface area contributed by atoms with Gasteiger partial charge in [0.2, 0.25) is 10.0 Å². The first-order chi connectivity index (χ1) is 16.5. The van der Waals surface area contributed by atoms with Gasteiger partial charge in [0.15, 0.2) is 0 Å². The van der Waals surface area contributed by atoms with Gasteiger partial charge in [0.25, 0.3) is 0 Å². The number of nitrogens with zero attached hydrogens (tertiary/aromatic N) is 3. The standard InChI is InChI=1S/C26H26F3N3O2S/c1-4-32(35(33,34)22-11-6-5-8-18(22)27)15-26-13-12-17(25(26,2)3)16-14-21(30-31-24(16)26)23-19(28)9-7-10-20(23)29/h5-11,14,17H,4,12-13,15H2,1-3H3/t17-,26-/m0/s1. The second-order valence-electron chi connectivity index (χ2n) is 9.89. The average molecular weight is 502 g/mol. The number of benzene rings is 2. The molecule has 2 atom stereocenters. The summed E-state index contributed by atoms with van der Waals surface area (Å²) in [5.74, 6) is -2.21. The van der Waals surface area contributed by atoms with Crippen LogP contribution in [-0.2, 0) is 15.4 Å². The van der Waals surface area contributed by atoms with E-state index < -0.39 is 38.3 Å². The van der Waals surface area contributed by atoms with E-state index in [1.807, 2.05) is 0 Å². The SMILES string of the molecule is CCN(C[C@@]12CC[C@@H](c3cc(-c4c(F)cccc4F)nnc31)C2(C)C)S(=O)(=O)c1ccccc1F. The predicted molar refractivity (Wildman–Crippen MR) is 126 cm³/mol. The molecule has 1 saturated carbocycles. The second kappa shape index (κ2) is 8.13. The normalized spacial score (nSPS) is 22.5. The van der Waals surface area contributed by atoms with E-state index in [2.05, 4.69) is 24.0 Å². The molecule has 35 heavy (non-hydrogen) atoms. The molecular weight excluding hydrogens is 475 g/mol. The van der Waals surface area contributed by atoms with Gasteiger partial charge >= 0.3 is 0 Å². The van der Waals surface area contributed by atoms with Crippen molar-refractivity contribution >= 4 is 10.0 Å². The van der Waals surface area contributed by atoms with Crippen molar-refractivity contribution in [2.45, 2.75) is 49.8 Å². The van der Waals surface area contributed by atoms with Crippen molar-refractivity contribution in [3.8, 4) is 11.3 Å². The molecule has 2 bridgehead atoms. The molecule has 0 unspecified atom stereocenters. The van der Waals surface area contributed by atoms with Gasteiger partial charge in [-0.25, -0.2) is 21.6 Å². The van der Waals surface area contributed by atoms with Crippen LogP contribution in [0.2, 0.25) is 0 Å². The van der Waals surface area contributed by atoms with Crippen LogP contribution in [0.4, 0.5) is 13.2 Å². The zero-order valence-electron chi connectivity index (χ0n) is 19.7. The molecule has 1 aromatic heterocycles. The molecule has 5 rings (SSSR count). The molecule has 0 N–H and O–H groups in total. The number of hydrogen-bond donors (Lipinski definition) is 0. The largest absolute Gasteiger partial charge is 0.246 e. The third-order valence-corrected chi connectivity index (χ3v) is 10.0. The number of rotatable bonds is 6. The van der Waals surface area contributed by atoms with Crippen LogP contribution >= 0.6 is 0 Å². The Morgan fingerprint density at radius 3 is 2.31 bits per heavy atom. The highest BCUT2D eigenvalue weighted by atomic mass is 32.2. The summed E-state index contributed by atoms with van der Waals surface area (Å²) in [5.41, 5.74) is 0.323. The fraction of sp³-hybridized carbons (Fsp3) is 0.385. The van der Waals surface area contributed by atoms with Crippen LogP contribution in [-0.4, -0.2) is 36.0 Å². The summed E-state index contributed by atoms with van der Waals surface area (Å²) >= 11 is 0. The minimum atomic E-state index is -4.10. The van der Waals surface area contributed by atoms with Crippen LogP contribution in [0.5, 0.6) is 0 Å². The first kappa shape index (κ1) is 23.9. The zero-order valence-corrected chi connectivity index (χ0v) is 20.5. The van der Waals surface area contributed by atoms with E-state index in [-0.39, 0.29) is 35.2 Å². The molecule has 1 fully saturated rings. The van der Waals surface area contributed by atoms with Crippen molar-refractivity contribution in [3.05, 3.63) is 77.2 Å². The lowest BCUT2D eigenvalue weighted by atomic mass is 9.68. The summed E-state index contributed by atoms with van der Waals surface area (Å²) in [6, 6.07) is 10.7. The van der Waals surface area contributed by atoms with Gasteiger partial charge in [0, 0.05) is 18.5 Å². The maximum absolute atomic E-state index is 14.5. The van der Waals surface area contributed by atoms with Crippen LogP contribution in [0.1, 0.15) is 50.8 Å². The van der Waals surface area contributed by atoms with Crippen molar-refractivity contribution in [2.75, 3.05) is 13.1 Å². The topological polar surface area (TPSA) is 63.2 Å². The summed E-state index contributed by atoms with van der Waals surface area (Å²) in [7, 11) is -4.10. The number of hydrogen-bond acceptors (Lipinski definition) is 4. The van der Waals surface area contributed by atoms with E-state index in [1.165, 1.54) is 40.7 Å². The molecule has 0 aliphatic heterocycles. The van der Waals surface area contributed by atoms with E-state index in [1.54, 1.807) is 13.0 Å². The lowest BCUT2D eigenvalue weighted by Gasteiger charge is -2.41. The van der Waals surface area contributed by atoms with Gasteiger partial charge in [-0.05, 0) is 60.1 Å². The number of aromatic nitrogens is 2. The quantitative estimate of drug-likeness (QED) is 0.452. The van der Waals surface area contributed by atoms with Crippen LogP contribution in [0.15, 0.2) is 53.4 Å². The summed E-state index contributed by atoms with van der Waals surface area (Å²) < 4.78 is 71.5. The monoisotopic (exact) mass is 501 g/mol. The number of likely N-dealkylation sites (N-methyl/N-ethyl adjacent to an activating group) is 1. The molecular formula is C26H26F3N3O2S. The fourth-order valence-electron chi connectivity index (χ4n) is 6.10. The Hall–Kier alpha value is -2.78. The van der Waals surface area contributed by atoms with Gasteiger partial charge in [-0.3, -0.25) is 0 Å². The molecule has 3 aromatic rings. The molecule has 0 spiro atoms. The Morgan fingerprint density at radius 2 is 1.66 bits per heavy atom. The molecule has 9 heteroatoms. The Morgan fingerprint density at radius 1 is 1.00 bits per heavy atom. The van der Waals surface area contributed by atoms with Crippen molar-refractivity contribution in [1.29, 1.82) is 0 Å². The Labute approximate surface area is 203 Å². The predicted octanol–water partition coefficient (Wildman–Crippen LogP) is 5.43. The molecule has 2 aromatic carbocycles. The molecule has 0 amide bonds. The Kier molecular flexibility index (Phi) is 5.56. The van der Waals surface area contributed by atoms with Crippen LogP contribution in [0.25, 0.3) is 11.3 Å². The highest BCUT2D eigenvalue weighted by Crippen LogP contribution is 2.67. The lowest BCUT2D eigenvalue weighted by molar-refractivity contribution is 0.169. The molecule has 0 radical (unpaired) electrons. The smallest absolute Gasteiger partial charge is 0.207 e. The third-order valence-electron chi connectivity index (χ3n) is 8.09. The third kappa shape index (κ3) is 3.35. The van der Waals surface area contributed by atoms with Gasteiger partial charge in [0.05, 0.1) is 17.0 Å². The average Bonchev–Trinajstić information content (AvgIpc) is 3.17. The highest BCUT2D eigenvalue weighted by Gasteiger charge is 2.64. The van der Waals surface area contributed by atoms with Crippen LogP contribution in [0.3, 0.4) is 0 Å². The number of sulfonamides is 1. The summed E-state index contributed by atoms with van der Waals surface area (Å²) in [4.78, 5) is -0.361. The maximum atomic E-state index is 14.5. The van der Waals surface area contributed by atoms with Gasteiger partial charge in [-0.2, -0.15) is 14.5 Å². The summed E-state index contributed by atoms with van der Waals surface area (Å²) in [6.45, 7) is 6.12. The Balaban J connectivity index is 1.60. The van der Waals surface area contributed by atoms with Gasteiger partial charge in [-0.1, -0.05) is 39.0 Å². The lowest BCUT2D eigenvalue weighted by Crippen LogP contribution is -2.48. The van der Waals surface area contributed by atoms with Crippen molar-refractivity contribution in [2.24, 2.45) is 5.41 Å². The molecule has 2 aliphatic rings. The number of halogens is 3. The van der Waals surface area contributed by atoms with Gasteiger partial charge in [-0.15, -0.1) is 0 Å². The highest BCUT2D eigenvalue weighted by molar-refractivity contribution is 7.89. The molecule has 0 saturated heterocycles. The first-order valence-corrected chi connectivity index (χ1v) is 13.1.